The van der Waals surface area contributed by atoms with E-state index in [0.29, 0.717) is 13.1 Å². The lowest BCUT2D eigenvalue weighted by molar-refractivity contribution is -0.153. The average molecular weight is 404 g/mol. The van der Waals surface area contributed by atoms with E-state index in [1.54, 1.807) is 6.26 Å². The van der Waals surface area contributed by atoms with Gasteiger partial charge in [0.05, 0.1) is 18.2 Å². The highest BCUT2D eigenvalue weighted by Gasteiger charge is 2.51. The summed E-state index contributed by atoms with van der Waals surface area (Å²) in [7, 11) is 4.00. The number of likely N-dealkylation sites (tertiary alicyclic amines) is 2. The molecule has 1 spiro atoms. The molecule has 160 valence electrons. The summed E-state index contributed by atoms with van der Waals surface area (Å²) in [5.41, 5.74) is -0.371. The van der Waals surface area contributed by atoms with Crippen LogP contribution in [-0.4, -0.2) is 79.5 Å². The Labute approximate surface area is 172 Å². The van der Waals surface area contributed by atoms with Crippen molar-refractivity contribution in [2.45, 2.75) is 44.8 Å². The van der Waals surface area contributed by atoms with Gasteiger partial charge in [0.15, 0.2) is 0 Å². The lowest BCUT2D eigenvalue weighted by Gasteiger charge is -2.39. The minimum Gasteiger partial charge on any atom is -0.468 e. The highest BCUT2D eigenvalue weighted by molar-refractivity contribution is 5.81. The molecule has 0 bridgehead atoms. The number of nitrogens with zero attached hydrogens (tertiary/aromatic N) is 3. The second kappa shape index (κ2) is 8.48. The minimum atomic E-state index is -0.371. The molecule has 29 heavy (non-hydrogen) atoms. The van der Waals surface area contributed by atoms with Crippen molar-refractivity contribution in [3.63, 3.8) is 0 Å². The fourth-order valence-electron chi connectivity index (χ4n) is 5.13. The van der Waals surface area contributed by atoms with Gasteiger partial charge < -0.3 is 19.0 Å². The number of carbonyl (C=O) groups is 2. The molecule has 3 aliphatic rings. The summed E-state index contributed by atoms with van der Waals surface area (Å²) >= 11 is 0. The maximum absolute atomic E-state index is 13.0. The van der Waals surface area contributed by atoms with Crippen LogP contribution in [0.1, 0.15) is 37.9 Å². The second-order valence-corrected chi connectivity index (χ2v) is 9.23. The Balaban J connectivity index is 1.25. The number of hydrogen-bond acceptors (Lipinski definition) is 6. The molecular weight excluding hydrogens is 370 g/mol. The van der Waals surface area contributed by atoms with E-state index in [1.165, 1.54) is 0 Å². The van der Waals surface area contributed by atoms with Crippen LogP contribution in [0.5, 0.6) is 0 Å². The smallest absolute Gasteiger partial charge is 0.312 e. The predicted octanol–water partition coefficient (Wildman–Crippen LogP) is 1.98. The van der Waals surface area contributed by atoms with Gasteiger partial charge in [-0.3, -0.25) is 14.5 Å². The van der Waals surface area contributed by atoms with Gasteiger partial charge in [-0.25, -0.2) is 0 Å². The van der Waals surface area contributed by atoms with Gasteiger partial charge in [0.1, 0.15) is 11.9 Å². The van der Waals surface area contributed by atoms with Crippen LogP contribution in [0.2, 0.25) is 0 Å². The van der Waals surface area contributed by atoms with Crippen LogP contribution in [-0.2, 0) is 20.9 Å². The summed E-state index contributed by atoms with van der Waals surface area (Å²) in [4.78, 5) is 32.0. The summed E-state index contributed by atoms with van der Waals surface area (Å²) in [5, 5.41) is 0. The molecule has 0 radical (unpaired) electrons. The van der Waals surface area contributed by atoms with E-state index in [2.05, 4.69) is 9.80 Å². The van der Waals surface area contributed by atoms with Crippen molar-refractivity contribution < 1.29 is 18.7 Å². The van der Waals surface area contributed by atoms with E-state index in [0.717, 1.165) is 64.0 Å². The summed E-state index contributed by atoms with van der Waals surface area (Å²) in [6, 6.07) is 3.91. The lowest BCUT2D eigenvalue weighted by atomic mass is 9.75. The van der Waals surface area contributed by atoms with E-state index in [1.807, 2.05) is 31.1 Å². The fourth-order valence-corrected chi connectivity index (χ4v) is 5.13. The molecule has 7 heteroatoms. The van der Waals surface area contributed by atoms with Crippen LogP contribution in [0.25, 0.3) is 0 Å². The Morgan fingerprint density at radius 1 is 1.21 bits per heavy atom. The number of ether oxygens (including phenoxy) is 1. The number of piperidine rings is 2. The molecule has 3 saturated heterocycles. The number of hydrogen-bond donors (Lipinski definition) is 0. The van der Waals surface area contributed by atoms with Crippen LogP contribution < -0.4 is 0 Å². The molecule has 1 unspecified atom stereocenters. The Kier molecular flexibility index (Phi) is 5.97. The molecule has 3 fully saturated rings. The molecule has 4 heterocycles. The number of cyclic esters (lactones) is 1. The van der Waals surface area contributed by atoms with Gasteiger partial charge in [0, 0.05) is 32.0 Å². The van der Waals surface area contributed by atoms with Gasteiger partial charge in [0.2, 0.25) is 5.91 Å². The van der Waals surface area contributed by atoms with E-state index in [4.69, 9.17) is 9.15 Å². The zero-order valence-electron chi connectivity index (χ0n) is 17.6. The average Bonchev–Trinajstić information content (AvgIpc) is 3.30. The van der Waals surface area contributed by atoms with Gasteiger partial charge in [-0.2, -0.15) is 0 Å². The number of furan rings is 1. The summed E-state index contributed by atoms with van der Waals surface area (Å²) in [6.45, 7) is 4.79. The molecule has 0 aliphatic carbocycles. The van der Waals surface area contributed by atoms with Crippen molar-refractivity contribution in [1.82, 2.24) is 14.7 Å². The van der Waals surface area contributed by atoms with E-state index >= 15 is 0 Å². The van der Waals surface area contributed by atoms with Crippen LogP contribution in [0.15, 0.2) is 22.8 Å². The van der Waals surface area contributed by atoms with E-state index < -0.39 is 0 Å². The van der Waals surface area contributed by atoms with Crippen molar-refractivity contribution >= 4 is 11.9 Å². The van der Waals surface area contributed by atoms with Crippen molar-refractivity contribution in [3.05, 3.63) is 24.2 Å². The molecule has 1 atom stereocenters. The highest BCUT2D eigenvalue weighted by Crippen LogP contribution is 2.43. The third kappa shape index (κ3) is 4.51. The first kappa shape index (κ1) is 20.4. The van der Waals surface area contributed by atoms with Crippen molar-refractivity contribution in [2.24, 2.45) is 11.3 Å². The fraction of sp³-hybridized carbons (Fsp3) is 0.727. The number of likely N-dealkylation sites (N-methyl/N-ethyl adjacent to an activating group) is 1. The maximum Gasteiger partial charge on any atom is 0.312 e. The standard InChI is InChI=1S/C22H33N3O4/c1-23(2)15-19-14-22(21(27)29-19)7-11-25(12-8-22)20(26)17-5-9-24(10-6-17)16-18-4-3-13-28-18/h3-4,13,17,19H,5-12,14-16H2,1-2H3. The highest BCUT2D eigenvalue weighted by atomic mass is 16.6. The zero-order chi connectivity index (χ0) is 20.4. The van der Waals surface area contributed by atoms with E-state index in [-0.39, 0.29) is 29.3 Å². The molecule has 7 nitrogen and oxygen atoms in total. The topological polar surface area (TPSA) is 66.2 Å². The second-order valence-electron chi connectivity index (χ2n) is 9.23. The Bertz CT molecular complexity index is 702. The first-order chi connectivity index (χ1) is 13.9. The van der Waals surface area contributed by atoms with E-state index in [9.17, 15) is 9.59 Å². The van der Waals surface area contributed by atoms with Crippen LogP contribution >= 0.6 is 0 Å². The van der Waals surface area contributed by atoms with Crippen LogP contribution in [0, 0.1) is 11.3 Å². The first-order valence-corrected chi connectivity index (χ1v) is 10.8. The van der Waals surface area contributed by atoms with Gasteiger partial charge in [-0.15, -0.1) is 0 Å². The Hall–Kier alpha value is -1.86. The normalized spacial score (nSPS) is 25.7. The third-order valence-corrected chi connectivity index (χ3v) is 6.82. The molecular formula is C22H33N3O4. The third-order valence-electron chi connectivity index (χ3n) is 6.82. The number of carbonyl (C=O) groups excluding carboxylic acids is 2. The zero-order valence-corrected chi connectivity index (χ0v) is 17.6. The minimum absolute atomic E-state index is 0.0155. The molecule has 4 rings (SSSR count). The summed E-state index contributed by atoms with van der Waals surface area (Å²) in [5.74, 6) is 1.30. The molecule has 1 amide bonds. The van der Waals surface area contributed by atoms with Crippen LogP contribution in [0.4, 0.5) is 0 Å². The van der Waals surface area contributed by atoms with Gasteiger partial charge in [-0.05, 0) is 65.0 Å². The Morgan fingerprint density at radius 2 is 1.93 bits per heavy atom. The molecule has 1 aromatic heterocycles. The number of esters is 1. The van der Waals surface area contributed by atoms with Crippen molar-refractivity contribution in [3.8, 4) is 0 Å². The monoisotopic (exact) mass is 403 g/mol. The number of amides is 1. The molecule has 0 aromatic carbocycles. The summed E-state index contributed by atoms with van der Waals surface area (Å²) < 4.78 is 11.1. The van der Waals surface area contributed by atoms with Gasteiger partial charge in [-0.1, -0.05) is 0 Å². The first-order valence-electron chi connectivity index (χ1n) is 10.8. The maximum atomic E-state index is 13.0. The SMILES string of the molecule is CN(C)CC1CC2(CCN(C(=O)C3CCN(Cc4ccco4)CC3)CC2)C(=O)O1. The van der Waals surface area contributed by atoms with Gasteiger partial charge in [0.25, 0.3) is 0 Å². The lowest BCUT2D eigenvalue weighted by Crippen LogP contribution is -2.48. The van der Waals surface area contributed by atoms with Crippen molar-refractivity contribution in [2.75, 3.05) is 46.8 Å². The molecule has 0 N–H and O–H groups in total. The summed E-state index contributed by atoms with van der Waals surface area (Å²) in [6.07, 6.45) is 5.74. The molecule has 0 saturated carbocycles. The Morgan fingerprint density at radius 3 is 2.55 bits per heavy atom. The predicted molar refractivity (Wildman–Crippen MR) is 108 cm³/mol. The number of rotatable bonds is 5. The van der Waals surface area contributed by atoms with Gasteiger partial charge >= 0.3 is 5.97 Å². The molecule has 3 aliphatic heterocycles. The molecule has 1 aromatic rings. The largest absolute Gasteiger partial charge is 0.468 e. The van der Waals surface area contributed by atoms with Crippen molar-refractivity contribution in [1.29, 1.82) is 0 Å². The van der Waals surface area contributed by atoms with Crippen LogP contribution in [0.3, 0.4) is 0 Å². The quantitative estimate of drug-likeness (QED) is 0.701.